The van der Waals surface area contributed by atoms with Crippen molar-refractivity contribution < 1.29 is 4.79 Å². The van der Waals surface area contributed by atoms with Crippen molar-refractivity contribution in [2.24, 2.45) is 5.73 Å². The zero-order chi connectivity index (χ0) is 14.5. The van der Waals surface area contributed by atoms with Crippen molar-refractivity contribution in [2.75, 3.05) is 23.7 Å². The number of aromatic nitrogens is 1. The first-order valence-corrected chi connectivity index (χ1v) is 7.62. The van der Waals surface area contributed by atoms with E-state index < -0.39 is 0 Å². The highest BCUT2D eigenvalue weighted by Crippen LogP contribution is 2.27. The molecule has 0 radical (unpaired) electrons. The van der Waals surface area contributed by atoms with Crippen LogP contribution in [0.4, 0.5) is 5.69 Å². The first-order valence-electron chi connectivity index (χ1n) is 6.63. The van der Waals surface area contributed by atoms with Gasteiger partial charge in [0.15, 0.2) is 0 Å². The molecule has 0 unspecified atom stereocenters. The number of nitrogens with zero attached hydrogens (tertiary/aromatic N) is 2. The third-order valence-corrected chi connectivity index (χ3v) is 3.96. The average molecular weight is 292 g/mol. The van der Waals surface area contributed by atoms with Crippen molar-refractivity contribution >= 4 is 23.4 Å². The van der Waals surface area contributed by atoms with Crippen molar-refractivity contribution in [3.8, 4) is 0 Å². The van der Waals surface area contributed by atoms with Crippen molar-refractivity contribution in [2.45, 2.75) is 19.9 Å². The number of anilines is 1. The third-order valence-electron chi connectivity index (χ3n) is 2.97. The van der Waals surface area contributed by atoms with Crippen LogP contribution in [-0.2, 0) is 4.79 Å². The van der Waals surface area contributed by atoms with Crippen LogP contribution < -0.4 is 16.0 Å². The molecule has 20 heavy (non-hydrogen) atoms. The van der Waals surface area contributed by atoms with E-state index >= 15 is 0 Å². The molecule has 1 amide bonds. The Morgan fingerprint density at radius 3 is 3.15 bits per heavy atom. The van der Waals surface area contributed by atoms with Crippen LogP contribution in [-0.4, -0.2) is 35.8 Å². The molecule has 108 valence electrons. The highest BCUT2D eigenvalue weighted by atomic mass is 32.2. The number of pyridine rings is 1. The lowest BCUT2D eigenvalue weighted by Crippen LogP contribution is -2.37. The maximum absolute atomic E-state index is 12.1. The van der Waals surface area contributed by atoms with E-state index in [-0.39, 0.29) is 11.9 Å². The van der Waals surface area contributed by atoms with Gasteiger partial charge in [-0.05, 0) is 25.5 Å². The van der Waals surface area contributed by atoms with Gasteiger partial charge in [-0.15, -0.1) is 11.8 Å². The Kier molecular flexibility index (Phi) is 5.03. The van der Waals surface area contributed by atoms with Crippen molar-refractivity contribution in [3.63, 3.8) is 0 Å². The Morgan fingerprint density at radius 2 is 2.45 bits per heavy atom. The number of carbonyl (C=O) groups excluding carboxylic acids is 1. The topological polar surface area (TPSA) is 71.2 Å². The molecule has 1 atom stereocenters. The fourth-order valence-electron chi connectivity index (χ4n) is 1.94. The van der Waals surface area contributed by atoms with Crippen LogP contribution in [0, 0.1) is 6.92 Å². The van der Waals surface area contributed by atoms with E-state index in [1.54, 1.807) is 18.0 Å². The van der Waals surface area contributed by atoms with Crippen molar-refractivity contribution in [3.05, 3.63) is 35.1 Å². The summed E-state index contributed by atoms with van der Waals surface area (Å²) >= 11 is 1.58. The minimum absolute atomic E-state index is 0.0355. The van der Waals surface area contributed by atoms with Gasteiger partial charge in [0.1, 0.15) is 0 Å². The molecule has 2 rings (SSSR count). The highest BCUT2D eigenvalue weighted by Gasteiger charge is 2.18. The number of thioether (sulfide) groups is 1. The SMILES string of the molecule is Cc1cnccc1N1C=C(C(=O)NC[C@H](C)N)SCC1. The molecule has 1 aliphatic heterocycles. The van der Waals surface area contributed by atoms with Crippen LogP contribution in [0.3, 0.4) is 0 Å². The summed E-state index contributed by atoms with van der Waals surface area (Å²) < 4.78 is 0. The molecule has 0 aliphatic carbocycles. The van der Waals surface area contributed by atoms with E-state index in [0.717, 1.165) is 28.5 Å². The lowest BCUT2D eigenvalue weighted by molar-refractivity contribution is -0.116. The van der Waals surface area contributed by atoms with Crippen LogP contribution in [0.15, 0.2) is 29.6 Å². The molecule has 3 N–H and O–H groups in total. The van der Waals surface area contributed by atoms with E-state index in [1.807, 2.05) is 32.3 Å². The lowest BCUT2D eigenvalue weighted by Gasteiger charge is -2.27. The molecule has 0 saturated carbocycles. The molecule has 1 aromatic heterocycles. The molecule has 0 fully saturated rings. The van der Waals surface area contributed by atoms with Crippen LogP contribution in [0.2, 0.25) is 0 Å². The van der Waals surface area contributed by atoms with E-state index in [2.05, 4.69) is 15.2 Å². The highest BCUT2D eigenvalue weighted by molar-refractivity contribution is 8.04. The van der Waals surface area contributed by atoms with Gasteiger partial charge in [0, 0.05) is 49.2 Å². The molecule has 0 spiro atoms. The summed E-state index contributed by atoms with van der Waals surface area (Å²) in [5, 5.41) is 2.85. The van der Waals surface area contributed by atoms with Gasteiger partial charge in [-0.3, -0.25) is 9.78 Å². The summed E-state index contributed by atoms with van der Waals surface area (Å²) in [7, 11) is 0. The maximum atomic E-state index is 12.1. The molecule has 2 heterocycles. The molecule has 0 aromatic carbocycles. The maximum Gasteiger partial charge on any atom is 0.259 e. The van der Waals surface area contributed by atoms with Crippen LogP contribution in [0.1, 0.15) is 12.5 Å². The van der Waals surface area contributed by atoms with E-state index in [1.165, 1.54) is 0 Å². The minimum atomic E-state index is -0.0521. The number of amides is 1. The minimum Gasteiger partial charge on any atom is -0.350 e. The Bertz CT molecular complexity index is 516. The van der Waals surface area contributed by atoms with Gasteiger partial charge in [0.25, 0.3) is 5.91 Å². The van der Waals surface area contributed by atoms with Gasteiger partial charge >= 0.3 is 0 Å². The summed E-state index contributed by atoms with van der Waals surface area (Å²) in [6, 6.07) is 1.94. The number of nitrogens with one attached hydrogen (secondary N) is 1. The molecule has 0 bridgehead atoms. The summed E-state index contributed by atoms with van der Waals surface area (Å²) in [5.41, 5.74) is 7.85. The van der Waals surface area contributed by atoms with Gasteiger partial charge in [0.05, 0.1) is 4.91 Å². The quantitative estimate of drug-likeness (QED) is 0.874. The number of carbonyl (C=O) groups is 1. The monoisotopic (exact) mass is 292 g/mol. The Balaban J connectivity index is 2.11. The van der Waals surface area contributed by atoms with Gasteiger partial charge in [0.2, 0.25) is 0 Å². The summed E-state index contributed by atoms with van der Waals surface area (Å²) in [4.78, 5) is 19.0. The van der Waals surface area contributed by atoms with Gasteiger partial charge in [-0.2, -0.15) is 0 Å². The Labute approximate surface area is 123 Å². The normalized spacial score (nSPS) is 16.6. The predicted octanol–water partition coefficient (Wildman–Crippen LogP) is 1.25. The molecule has 6 heteroatoms. The lowest BCUT2D eigenvalue weighted by atomic mass is 10.2. The zero-order valence-electron chi connectivity index (χ0n) is 11.8. The second-order valence-electron chi connectivity index (χ2n) is 4.88. The molecule has 1 aliphatic rings. The largest absolute Gasteiger partial charge is 0.350 e. The average Bonchev–Trinajstić information content (AvgIpc) is 2.45. The number of hydrogen-bond donors (Lipinski definition) is 2. The van der Waals surface area contributed by atoms with E-state index in [4.69, 9.17) is 5.73 Å². The van der Waals surface area contributed by atoms with Crippen molar-refractivity contribution in [1.82, 2.24) is 10.3 Å². The fourth-order valence-corrected chi connectivity index (χ4v) is 2.85. The number of aryl methyl sites for hydroxylation is 1. The van der Waals surface area contributed by atoms with E-state index in [9.17, 15) is 4.79 Å². The third kappa shape index (κ3) is 3.74. The summed E-state index contributed by atoms with van der Waals surface area (Å²) in [6.07, 6.45) is 5.52. The van der Waals surface area contributed by atoms with Gasteiger partial charge in [-0.1, -0.05) is 0 Å². The van der Waals surface area contributed by atoms with Crippen molar-refractivity contribution in [1.29, 1.82) is 0 Å². The van der Waals surface area contributed by atoms with Crippen LogP contribution >= 0.6 is 11.8 Å². The summed E-state index contributed by atoms with van der Waals surface area (Å²) in [5.74, 6) is 0.836. The number of nitrogens with two attached hydrogens (primary N) is 1. The molecule has 0 saturated heterocycles. The van der Waals surface area contributed by atoms with E-state index in [0.29, 0.717) is 6.54 Å². The number of rotatable bonds is 4. The first-order chi connectivity index (χ1) is 9.58. The molecular formula is C14H20N4OS. The molecule has 5 nitrogen and oxygen atoms in total. The standard InChI is InChI=1S/C14H20N4OS/c1-10-7-16-4-3-12(10)18-5-6-20-13(9-18)14(19)17-8-11(2)15/h3-4,7,9,11H,5-6,8,15H2,1-2H3,(H,17,19)/t11-/m0/s1. The van der Waals surface area contributed by atoms with Crippen LogP contribution in [0.5, 0.6) is 0 Å². The van der Waals surface area contributed by atoms with Crippen LogP contribution in [0.25, 0.3) is 0 Å². The molecular weight excluding hydrogens is 272 g/mol. The zero-order valence-corrected chi connectivity index (χ0v) is 12.6. The Morgan fingerprint density at radius 1 is 1.65 bits per heavy atom. The Hall–Kier alpha value is -1.53. The predicted molar refractivity (Wildman–Crippen MR) is 83.5 cm³/mol. The second-order valence-corrected chi connectivity index (χ2v) is 6.02. The molecule has 1 aromatic rings. The van der Waals surface area contributed by atoms with Gasteiger partial charge in [-0.25, -0.2) is 0 Å². The summed E-state index contributed by atoms with van der Waals surface area (Å²) in [6.45, 7) is 5.27. The number of hydrogen-bond acceptors (Lipinski definition) is 5. The van der Waals surface area contributed by atoms with Gasteiger partial charge < -0.3 is 16.0 Å². The second kappa shape index (κ2) is 6.76. The fraction of sp³-hybridized carbons (Fsp3) is 0.429. The smallest absolute Gasteiger partial charge is 0.259 e. The first kappa shape index (κ1) is 14.9.